The molecule has 644 valence electrons. The van der Waals surface area contributed by atoms with E-state index in [2.05, 4.69) is 86.8 Å². The van der Waals surface area contributed by atoms with E-state index in [4.69, 9.17) is 10.7 Å². The number of halogens is 6. The number of imidazole rings is 4. The van der Waals surface area contributed by atoms with Crippen LogP contribution in [0.3, 0.4) is 0 Å². The molecule has 125 heavy (non-hydrogen) atoms. The Kier molecular flexibility index (Phi) is 22.2. The van der Waals surface area contributed by atoms with Crippen molar-refractivity contribution in [2.45, 2.75) is 44.6 Å². The predicted octanol–water partition coefficient (Wildman–Crippen LogP) is 9.96. The third-order valence-electron chi connectivity index (χ3n) is 23.9. The molecule has 0 unspecified atom stereocenters. The number of nitrogens with one attached hydrogen (secondary N) is 1. The van der Waals surface area contributed by atoms with Gasteiger partial charge in [-0.25, -0.2) is 86.2 Å². The number of nitrogens with two attached hydrogens (primary N) is 1. The lowest BCUT2D eigenvalue weighted by Crippen LogP contribution is -2.35. The maximum atomic E-state index is 14.2. The minimum atomic E-state index is -1.01. The molecule has 21 rings (SSSR count). The van der Waals surface area contributed by atoms with Gasteiger partial charge in [-0.1, -0.05) is 12.1 Å². The van der Waals surface area contributed by atoms with Crippen molar-refractivity contribution in [1.82, 2.24) is 117 Å². The van der Waals surface area contributed by atoms with E-state index in [-0.39, 0.29) is 63.1 Å². The lowest BCUT2D eigenvalue weighted by atomic mass is 10.1. The van der Waals surface area contributed by atoms with Crippen molar-refractivity contribution in [2.75, 3.05) is 182 Å². The first-order valence-corrected chi connectivity index (χ1v) is 41.5. The Hall–Kier alpha value is -13.5. The van der Waals surface area contributed by atoms with Crippen LogP contribution >= 0.6 is 0 Å². The Morgan fingerprint density at radius 2 is 0.672 bits per heavy atom. The number of hydrogen-bond acceptors (Lipinski definition) is 24. The minimum Gasteiger partial charge on any atom is -0.397 e. The highest BCUT2D eigenvalue weighted by Gasteiger charge is 2.36. The molecule has 16 aromatic rings. The van der Waals surface area contributed by atoms with Gasteiger partial charge < -0.3 is 60.0 Å². The summed E-state index contributed by atoms with van der Waals surface area (Å²) in [6, 6.07) is 14.6. The van der Waals surface area contributed by atoms with E-state index >= 15 is 0 Å². The number of anilines is 4. The normalized spacial score (nSPS) is 16.3. The zero-order chi connectivity index (χ0) is 87.1. The summed E-state index contributed by atoms with van der Waals surface area (Å²) < 4.78 is 91.1. The van der Waals surface area contributed by atoms with Crippen LogP contribution in [0, 0.1) is 34.9 Å². The summed E-state index contributed by atoms with van der Waals surface area (Å²) in [5.41, 5.74) is 17.4. The minimum absolute atomic E-state index is 0.0139. The van der Waals surface area contributed by atoms with Gasteiger partial charge in [0.2, 0.25) is 0 Å². The zero-order valence-corrected chi connectivity index (χ0v) is 70.1. The molecule has 16 heterocycles. The summed E-state index contributed by atoms with van der Waals surface area (Å²) >= 11 is 0. The molecule has 4 aromatic carbocycles. The van der Waals surface area contributed by atoms with Crippen LogP contribution in [0.1, 0.15) is 80.0 Å². The molecule has 3 N–H and O–H groups in total. The average molecular weight is 1710 g/mol. The number of likely N-dealkylation sites (N-methyl/N-ethyl adjacent to an activating group) is 4. The third kappa shape index (κ3) is 15.2. The van der Waals surface area contributed by atoms with Gasteiger partial charge in [0.25, 0.3) is 23.6 Å². The molecule has 4 amide bonds. The van der Waals surface area contributed by atoms with Gasteiger partial charge in [-0.3, -0.25) is 36.8 Å². The Bertz CT molecular complexity index is 7020. The molecule has 4 aliphatic heterocycles. The van der Waals surface area contributed by atoms with Crippen LogP contribution in [0.15, 0.2) is 111 Å². The van der Waals surface area contributed by atoms with Crippen LogP contribution < -0.4 is 20.9 Å². The number of aromatic nitrogens is 16. The summed E-state index contributed by atoms with van der Waals surface area (Å²) in [4.78, 5) is 128. The molecule has 5 fully saturated rings. The third-order valence-corrected chi connectivity index (χ3v) is 23.9. The maximum absolute atomic E-state index is 14.2. The van der Waals surface area contributed by atoms with E-state index in [9.17, 15) is 45.5 Å². The monoisotopic (exact) mass is 1700 g/mol. The van der Waals surface area contributed by atoms with Crippen molar-refractivity contribution in [1.29, 1.82) is 0 Å². The van der Waals surface area contributed by atoms with Crippen molar-refractivity contribution in [3.63, 3.8) is 0 Å². The number of nitrogens with zero attached hydrogens (tertiary/aromatic N) is 26. The van der Waals surface area contributed by atoms with Crippen molar-refractivity contribution in [3.8, 4) is 0 Å². The molecule has 0 spiro atoms. The molecule has 0 radical (unpaired) electrons. The number of carbonyl (C=O) groups excluding carboxylic acids is 4. The van der Waals surface area contributed by atoms with Gasteiger partial charge in [-0.15, -0.1) is 0 Å². The van der Waals surface area contributed by atoms with Crippen molar-refractivity contribution < 1.29 is 45.5 Å². The van der Waals surface area contributed by atoms with E-state index in [1.165, 1.54) is 25.2 Å². The van der Waals surface area contributed by atoms with E-state index in [0.29, 0.717) is 140 Å². The molecule has 1 saturated carbocycles. The SMILES string of the molecule is CN1CCCN(C(=O)c2c(N(C)C)c3cncnc3n3c2nc2cc(F)c(F)cc23)CC1.CN1CCCN(C(=O)c2c(N(C)C)c3cncnc3n3c2nc2ccccc23)CC1.CN1CCCN(C(=O)c2c(N)c3cncnc3n3c2nc2cc(F)c(F)cc23)CC1.CN1CCCN(C(=O)c2c(NC3CC3)c3cncnc3n3c2nc2cc(F)c(F)cc23)CC1. The maximum Gasteiger partial charge on any atom is 0.259 e. The molecular weight excluding hydrogens is 1620 g/mol. The standard InChI is InChI=1S/C23H23F2N7O.C22H23F2N7O.C22H25N7O.C20H19F2N7O/c1-30-5-2-6-31(8-7-30)23(33)19-20(28-13-3-4-13)14-11-26-12-27-21(14)32-18-10-16(25)15(24)9-17(18)29-22(19)32;1-28(2)19-13-11-25-12-26-20(13)31-17-10-15(24)14(23)9-16(17)27-21(31)18(19)22(32)30-6-4-5-29(3)7-8-30;1-26(2)19-15-13-23-14-24-20(15)29-17-8-5-4-7-16(17)25-21(29)18(19)22(30)28-10-6-9-27(3)11-12-28;1-27-3-2-4-28(6-5-27)20(30)16-17(23)11-9-24-10-25-18(11)29-15-8-13(22)12(21)7-14(15)26-19(16)29/h9-13,28H,2-8H2,1H3;9-12H,4-8H2,1-3H3;4-5,7-8,13-14H,6,9-12H2,1-3H3;7-10H,2-6,23H2,1H3. The largest absolute Gasteiger partial charge is 0.397 e. The van der Waals surface area contributed by atoms with E-state index < -0.39 is 34.9 Å². The number of amides is 4. The Morgan fingerprint density at radius 1 is 0.360 bits per heavy atom. The fourth-order valence-electron chi connectivity index (χ4n) is 17.4. The summed E-state index contributed by atoms with van der Waals surface area (Å²) in [7, 11) is 15.8. The molecule has 5 aliphatic rings. The lowest BCUT2D eigenvalue weighted by molar-refractivity contribution is 0.0757. The highest BCUT2D eigenvalue weighted by Crippen LogP contribution is 2.42. The number of hydrogen-bond donors (Lipinski definition) is 2. The molecule has 1 aliphatic carbocycles. The summed E-state index contributed by atoms with van der Waals surface area (Å²) in [5.74, 6) is -6.53. The summed E-state index contributed by atoms with van der Waals surface area (Å²) in [6.45, 7) is 11.9. The highest BCUT2D eigenvalue weighted by atomic mass is 19.2. The molecule has 38 heteroatoms. The van der Waals surface area contributed by atoms with E-state index in [1.54, 1.807) is 43.0 Å². The van der Waals surface area contributed by atoms with Crippen LogP contribution in [0.25, 0.3) is 111 Å². The lowest BCUT2D eigenvalue weighted by Gasteiger charge is -2.25. The van der Waals surface area contributed by atoms with Crippen LogP contribution in [0.2, 0.25) is 0 Å². The zero-order valence-electron chi connectivity index (χ0n) is 70.1. The van der Waals surface area contributed by atoms with Crippen LogP contribution in [-0.4, -0.2) is 307 Å². The number of carbonyl (C=O) groups is 4. The second kappa shape index (κ2) is 33.6. The fourth-order valence-corrected chi connectivity index (χ4v) is 17.4. The predicted molar refractivity (Wildman–Crippen MR) is 465 cm³/mol. The number of pyridine rings is 4. The van der Waals surface area contributed by atoms with Crippen molar-refractivity contribution >= 4 is 157 Å². The fraction of sp³-hybridized carbons (Fsp3) is 0.356. The smallest absolute Gasteiger partial charge is 0.259 e. The number of rotatable bonds is 8. The number of nitrogen functional groups attached to an aromatic ring is 1. The average Bonchev–Trinajstić information content (AvgIpc) is 1.62. The van der Waals surface area contributed by atoms with E-state index in [1.807, 2.05) is 102 Å². The van der Waals surface area contributed by atoms with Gasteiger partial charge in [-0.05, 0) is 105 Å². The van der Waals surface area contributed by atoms with Crippen molar-refractivity contribution in [2.24, 2.45) is 0 Å². The highest BCUT2D eigenvalue weighted by molar-refractivity contribution is 6.17. The Labute approximate surface area is 710 Å². The van der Waals surface area contributed by atoms with Gasteiger partial charge in [0.1, 0.15) is 47.6 Å². The van der Waals surface area contributed by atoms with Gasteiger partial charge >= 0.3 is 0 Å². The number of para-hydroxylation sites is 2. The number of benzene rings is 4. The first-order valence-electron chi connectivity index (χ1n) is 41.5. The van der Waals surface area contributed by atoms with Gasteiger partial charge in [-0.2, -0.15) is 0 Å². The molecular formula is C87H90F6N28O4. The first-order chi connectivity index (χ1) is 60.4. The topological polar surface area (TPSA) is 311 Å². The molecule has 32 nitrogen and oxygen atoms in total. The second-order valence-electron chi connectivity index (χ2n) is 32.9. The van der Waals surface area contributed by atoms with E-state index in [0.717, 1.165) is 162 Å². The van der Waals surface area contributed by atoms with Crippen LogP contribution in [0.4, 0.5) is 49.1 Å². The van der Waals surface area contributed by atoms with Gasteiger partial charge in [0, 0.05) is 174 Å². The molecule has 4 saturated heterocycles. The molecule has 0 atom stereocenters. The van der Waals surface area contributed by atoms with Crippen molar-refractivity contribution in [3.05, 3.63) is 168 Å². The molecule has 12 aromatic heterocycles. The summed E-state index contributed by atoms with van der Waals surface area (Å²) in [6.07, 6.45) is 17.8. The molecule has 0 bridgehead atoms. The van der Waals surface area contributed by atoms with Crippen LogP contribution in [-0.2, 0) is 0 Å². The number of fused-ring (bicyclic) bond motifs is 20. The summed E-state index contributed by atoms with van der Waals surface area (Å²) in [5, 5.41) is 6.06. The Balaban J connectivity index is 0.000000113. The van der Waals surface area contributed by atoms with Crippen LogP contribution in [0.5, 0.6) is 0 Å². The van der Waals surface area contributed by atoms with Gasteiger partial charge in [0.05, 0.1) is 88.4 Å². The van der Waals surface area contributed by atoms with Gasteiger partial charge in [0.15, 0.2) is 80.1 Å². The quantitative estimate of drug-likeness (QED) is 0.134. The second-order valence-corrected chi connectivity index (χ2v) is 32.9. The first kappa shape index (κ1) is 82.5. The Morgan fingerprint density at radius 3 is 1.06 bits per heavy atom.